The van der Waals surface area contributed by atoms with Gasteiger partial charge in [-0.15, -0.1) is 0 Å². The van der Waals surface area contributed by atoms with Crippen LogP contribution >= 0.6 is 0 Å². The fourth-order valence-electron chi connectivity index (χ4n) is 4.65. The average molecular weight is 398 g/mol. The Labute approximate surface area is 164 Å². The number of hydrogen-bond acceptors (Lipinski definition) is 8. The Bertz CT molecular complexity index is 1090. The molecule has 3 aliphatic carbocycles. The normalized spacial score (nSPS) is 34.0. The molecule has 0 aliphatic heterocycles. The van der Waals surface area contributed by atoms with Gasteiger partial charge < -0.3 is 31.9 Å². The Balaban J connectivity index is 2.04. The topological polar surface area (TPSA) is 184 Å². The van der Waals surface area contributed by atoms with Crippen molar-refractivity contribution in [3.05, 3.63) is 58.9 Å². The van der Waals surface area contributed by atoms with Crippen LogP contribution < -0.4 is 11.5 Å². The summed E-state index contributed by atoms with van der Waals surface area (Å²) >= 11 is 0. The number of carbonyl (C=O) groups excluding carboxylic acids is 3. The van der Waals surface area contributed by atoms with E-state index in [4.69, 9.17) is 11.5 Å². The van der Waals surface area contributed by atoms with Crippen LogP contribution in [0.15, 0.2) is 47.7 Å². The van der Waals surface area contributed by atoms with Crippen LogP contribution in [0.2, 0.25) is 0 Å². The van der Waals surface area contributed by atoms with Gasteiger partial charge in [0.05, 0.1) is 23.6 Å². The van der Waals surface area contributed by atoms with Crippen molar-refractivity contribution in [2.24, 2.45) is 23.3 Å². The third-order valence-corrected chi connectivity index (χ3v) is 6.03. The Kier molecular flexibility index (Phi) is 3.86. The number of carbonyl (C=O) groups is 3. The third kappa shape index (κ3) is 2.11. The fraction of sp³-hybridized carbons (Fsp3) is 0.250. The Morgan fingerprint density at radius 2 is 1.72 bits per heavy atom. The molecule has 1 amide bonds. The number of fused-ring (bicyclic) bond motifs is 3. The first-order valence-electron chi connectivity index (χ1n) is 8.75. The summed E-state index contributed by atoms with van der Waals surface area (Å²) in [5.74, 6) is -8.32. The maximum Gasteiger partial charge on any atom is 0.255 e. The van der Waals surface area contributed by atoms with E-state index >= 15 is 0 Å². The van der Waals surface area contributed by atoms with Crippen LogP contribution in [0.25, 0.3) is 11.3 Å². The first-order valence-corrected chi connectivity index (χ1v) is 8.75. The Morgan fingerprint density at radius 3 is 2.31 bits per heavy atom. The minimum atomic E-state index is -2.91. The van der Waals surface area contributed by atoms with Crippen LogP contribution in [0.5, 0.6) is 0 Å². The van der Waals surface area contributed by atoms with Crippen molar-refractivity contribution in [1.82, 2.24) is 0 Å². The zero-order chi connectivity index (χ0) is 21.4. The summed E-state index contributed by atoms with van der Waals surface area (Å²) in [5, 5.41) is 43.4. The lowest BCUT2D eigenvalue weighted by Gasteiger charge is -2.51. The molecule has 0 saturated heterocycles. The largest absolute Gasteiger partial charge is 0.508 e. The lowest BCUT2D eigenvalue weighted by atomic mass is 9.55. The third-order valence-electron chi connectivity index (χ3n) is 6.03. The number of aliphatic hydroxyl groups excluding tert-OH is 3. The van der Waals surface area contributed by atoms with Gasteiger partial charge in [-0.25, -0.2) is 0 Å². The van der Waals surface area contributed by atoms with Crippen LogP contribution in [0.3, 0.4) is 0 Å². The van der Waals surface area contributed by atoms with Gasteiger partial charge in [-0.2, -0.15) is 0 Å². The van der Waals surface area contributed by atoms with Crippen LogP contribution in [0.1, 0.15) is 11.1 Å². The van der Waals surface area contributed by atoms with E-state index < -0.39 is 69.7 Å². The molecular weight excluding hydrogens is 380 g/mol. The standard InChI is InChI=1S/C20H18N2O7/c1-6-7-4-2-3-5-8(7)14(23)10-9(6)15(24)12-13(21)16(25)11(19(22)28)18(27)20(12,29)17(10)26/h2-5,9,12-13,15,23-24,27,29H,1,21H2,(H2,22,28)/t9-,12-,13+,15+,20+/m1/s1. The van der Waals surface area contributed by atoms with E-state index in [0.29, 0.717) is 5.56 Å². The second-order valence-corrected chi connectivity index (χ2v) is 7.40. The number of amides is 1. The molecule has 29 heavy (non-hydrogen) atoms. The van der Waals surface area contributed by atoms with E-state index in [2.05, 4.69) is 6.58 Å². The van der Waals surface area contributed by atoms with Gasteiger partial charge in [-0.3, -0.25) is 14.4 Å². The van der Waals surface area contributed by atoms with E-state index in [0.717, 1.165) is 0 Å². The highest BCUT2D eigenvalue weighted by atomic mass is 16.4. The molecule has 0 aromatic heterocycles. The summed E-state index contributed by atoms with van der Waals surface area (Å²) < 4.78 is 0. The lowest BCUT2D eigenvalue weighted by molar-refractivity contribution is -0.160. The minimum Gasteiger partial charge on any atom is -0.508 e. The maximum atomic E-state index is 13.3. The van der Waals surface area contributed by atoms with Crippen molar-refractivity contribution in [2.45, 2.75) is 17.7 Å². The van der Waals surface area contributed by atoms with Gasteiger partial charge in [0.2, 0.25) is 5.78 Å². The van der Waals surface area contributed by atoms with Gasteiger partial charge >= 0.3 is 0 Å². The molecule has 1 fully saturated rings. The smallest absolute Gasteiger partial charge is 0.255 e. The van der Waals surface area contributed by atoms with Crippen molar-refractivity contribution in [2.75, 3.05) is 0 Å². The molecular formula is C20H18N2O7. The molecule has 0 spiro atoms. The van der Waals surface area contributed by atoms with Gasteiger partial charge in [0.15, 0.2) is 11.4 Å². The summed E-state index contributed by atoms with van der Waals surface area (Å²) in [4.78, 5) is 37.5. The number of aliphatic hydroxyl groups is 4. The second kappa shape index (κ2) is 5.86. The molecule has 4 rings (SSSR count). The predicted molar refractivity (Wildman–Crippen MR) is 99.8 cm³/mol. The van der Waals surface area contributed by atoms with E-state index in [1.165, 1.54) is 6.07 Å². The number of rotatable bonds is 1. The molecule has 0 radical (unpaired) electrons. The van der Waals surface area contributed by atoms with Gasteiger partial charge in [-0.05, 0) is 11.1 Å². The quantitative estimate of drug-likeness (QED) is 0.329. The van der Waals surface area contributed by atoms with E-state index in [1.54, 1.807) is 18.2 Å². The molecule has 1 aromatic rings. The molecule has 1 saturated carbocycles. The molecule has 3 aliphatic rings. The molecule has 1 aromatic carbocycles. The van der Waals surface area contributed by atoms with Crippen LogP contribution in [0, 0.1) is 11.8 Å². The summed E-state index contributed by atoms with van der Waals surface area (Å²) in [7, 11) is 0. The summed E-state index contributed by atoms with van der Waals surface area (Å²) in [6.45, 7) is 3.91. The summed E-state index contributed by atoms with van der Waals surface area (Å²) in [6, 6.07) is 4.75. The summed E-state index contributed by atoms with van der Waals surface area (Å²) in [5.41, 5.74) is 7.69. The molecule has 8 N–H and O–H groups in total. The number of primary amides is 1. The maximum absolute atomic E-state index is 13.3. The van der Waals surface area contributed by atoms with Crippen molar-refractivity contribution < 1.29 is 34.8 Å². The number of ketones is 2. The summed E-state index contributed by atoms with van der Waals surface area (Å²) in [6.07, 6.45) is -1.67. The molecule has 0 unspecified atom stereocenters. The van der Waals surface area contributed by atoms with Crippen LogP contribution in [-0.4, -0.2) is 55.6 Å². The predicted octanol–water partition coefficient (Wildman–Crippen LogP) is -0.903. The molecule has 9 heteroatoms. The van der Waals surface area contributed by atoms with Crippen LogP contribution in [-0.2, 0) is 14.4 Å². The molecule has 0 heterocycles. The number of benzene rings is 1. The number of Topliss-reactive ketones (excluding diaryl/α,β-unsaturated/α-hetero) is 2. The van der Waals surface area contributed by atoms with Gasteiger partial charge in [0.25, 0.3) is 5.91 Å². The monoisotopic (exact) mass is 398 g/mol. The zero-order valence-electron chi connectivity index (χ0n) is 15.0. The molecule has 5 atom stereocenters. The molecule has 150 valence electrons. The Morgan fingerprint density at radius 1 is 1.14 bits per heavy atom. The highest BCUT2D eigenvalue weighted by Crippen LogP contribution is 2.53. The van der Waals surface area contributed by atoms with Crippen molar-refractivity contribution >= 4 is 28.8 Å². The highest BCUT2D eigenvalue weighted by Gasteiger charge is 2.66. The highest BCUT2D eigenvalue weighted by molar-refractivity contribution is 6.25. The van der Waals surface area contributed by atoms with Crippen molar-refractivity contribution in [3.8, 4) is 0 Å². The van der Waals surface area contributed by atoms with Crippen LogP contribution in [0.4, 0.5) is 0 Å². The SMILES string of the molecule is C=C1c2ccccc2C(O)=C2C(=O)[C@]3(O)C(O)=C(C(N)=O)C(=O)[C@@H](N)[C@@H]3[C@@H](O)[C@H]12. The first kappa shape index (κ1) is 19.1. The minimum absolute atomic E-state index is 0.251. The van der Waals surface area contributed by atoms with Crippen molar-refractivity contribution in [3.63, 3.8) is 0 Å². The number of nitrogens with two attached hydrogens (primary N) is 2. The molecule has 9 nitrogen and oxygen atoms in total. The zero-order valence-corrected chi connectivity index (χ0v) is 15.0. The van der Waals surface area contributed by atoms with Gasteiger partial charge in [0.1, 0.15) is 17.1 Å². The van der Waals surface area contributed by atoms with E-state index in [-0.39, 0.29) is 11.1 Å². The van der Waals surface area contributed by atoms with Gasteiger partial charge in [-0.1, -0.05) is 30.8 Å². The second-order valence-electron chi connectivity index (χ2n) is 7.40. The average Bonchev–Trinajstić information content (AvgIpc) is 2.67. The Hall–Kier alpha value is -3.27. The lowest BCUT2D eigenvalue weighted by Crippen LogP contribution is -2.69. The first-order chi connectivity index (χ1) is 13.5. The van der Waals surface area contributed by atoms with Gasteiger partial charge in [0, 0.05) is 11.5 Å². The van der Waals surface area contributed by atoms with E-state index in [1.807, 2.05) is 0 Å². The van der Waals surface area contributed by atoms with E-state index in [9.17, 15) is 34.8 Å². The number of hydrogen-bond donors (Lipinski definition) is 6. The fourth-order valence-corrected chi connectivity index (χ4v) is 4.65. The van der Waals surface area contributed by atoms with Crippen molar-refractivity contribution in [1.29, 1.82) is 0 Å². The molecule has 0 bridgehead atoms.